The van der Waals surface area contributed by atoms with Crippen LogP contribution in [0.1, 0.15) is 26.7 Å². The SMILES string of the molecule is Cc1ccc(N(Cc2ccco2)C(=O)c2cc3c(C)nn(C)c3s2)cc1. The van der Waals surface area contributed by atoms with Crippen molar-refractivity contribution < 1.29 is 9.21 Å². The van der Waals surface area contributed by atoms with E-state index in [2.05, 4.69) is 5.10 Å². The van der Waals surface area contributed by atoms with Crippen LogP contribution < -0.4 is 4.90 Å². The van der Waals surface area contributed by atoms with Crippen LogP contribution >= 0.6 is 11.3 Å². The standard InChI is InChI=1S/C20H19N3O2S/c1-13-6-8-15(9-7-13)23(12-16-5-4-10-25-16)19(24)18-11-17-14(2)21-22(3)20(17)26-18/h4-11H,12H2,1-3H3. The lowest BCUT2D eigenvalue weighted by atomic mass is 10.2. The fraction of sp³-hybridized carbons (Fsp3) is 0.200. The van der Waals surface area contributed by atoms with Gasteiger partial charge in [-0.25, -0.2) is 0 Å². The zero-order valence-corrected chi connectivity index (χ0v) is 15.7. The molecule has 4 aromatic rings. The molecule has 0 saturated heterocycles. The van der Waals surface area contributed by atoms with E-state index in [0.29, 0.717) is 11.4 Å². The van der Waals surface area contributed by atoms with E-state index in [4.69, 9.17) is 4.42 Å². The smallest absolute Gasteiger partial charge is 0.268 e. The summed E-state index contributed by atoms with van der Waals surface area (Å²) in [6, 6.07) is 13.6. The number of amides is 1. The predicted molar refractivity (Wildman–Crippen MR) is 104 cm³/mol. The predicted octanol–water partition coefficient (Wildman–Crippen LogP) is 4.69. The molecule has 132 valence electrons. The third-order valence-electron chi connectivity index (χ3n) is 4.39. The van der Waals surface area contributed by atoms with Crippen molar-refractivity contribution in [1.82, 2.24) is 9.78 Å². The number of benzene rings is 1. The third-order valence-corrected chi connectivity index (χ3v) is 5.58. The number of furan rings is 1. The Balaban J connectivity index is 1.74. The summed E-state index contributed by atoms with van der Waals surface area (Å²) in [5.41, 5.74) is 2.94. The molecule has 26 heavy (non-hydrogen) atoms. The van der Waals surface area contributed by atoms with E-state index in [0.717, 1.165) is 32.9 Å². The molecule has 1 amide bonds. The Bertz CT molecular complexity index is 1020. The fourth-order valence-electron chi connectivity index (χ4n) is 3.01. The molecule has 3 aromatic heterocycles. The summed E-state index contributed by atoms with van der Waals surface area (Å²) in [7, 11) is 1.90. The molecule has 6 heteroatoms. The molecular weight excluding hydrogens is 346 g/mol. The summed E-state index contributed by atoms with van der Waals surface area (Å²) < 4.78 is 7.30. The Morgan fingerprint density at radius 2 is 2.00 bits per heavy atom. The lowest BCUT2D eigenvalue weighted by molar-refractivity contribution is 0.0987. The van der Waals surface area contributed by atoms with Gasteiger partial charge < -0.3 is 9.32 Å². The highest BCUT2D eigenvalue weighted by molar-refractivity contribution is 7.20. The Labute approximate surface area is 155 Å². The number of rotatable bonds is 4. The fourth-order valence-corrected chi connectivity index (χ4v) is 4.08. The van der Waals surface area contributed by atoms with Crippen molar-refractivity contribution in [3.8, 4) is 0 Å². The van der Waals surface area contributed by atoms with Crippen LogP contribution in [0.2, 0.25) is 0 Å². The van der Waals surface area contributed by atoms with Crippen LogP contribution in [-0.4, -0.2) is 15.7 Å². The Kier molecular flexibility index (Phi) is 4.12. The Hall–Kier alpha value is -2.86. The third kappa shape index (κ3) is 2.93. The molecule has 0 fully saturated rings. The summed E-state index contributed by atoms with van der Waals surface area (Å²) in [5, 5.41) is 5.44. The molecule has 0 aliphatic rings. The molecule has 0 saturated carbocycles. The number of thiophene rings is 1. The second-order valence-corrected chi connectivity index (χ2v) is 7.38. The van der Waals surface area contributed by atoms with Gasteiger partial charge in [0.05, 0.1) is 23.4 Å². The number of hydrogen-bond donors (Lipinski definition) is 0. The summed E-state index contributed by atoms with van der Waals surface area (Å²) in [5.74, 6) is 0.712. The maximum atomic E-state index is 13.3. The lowest BCUT2D eigenvalue weighted by Gasteiger charge is -2.21. The van der Waals surface area contributed by atoms with Crippen LogP contribution in [-0.2, 0) is 13.6 Å². The van der Waals surface area contributed by atoms with Crippen molar-refractivity contribution in [2.75, 3.05) is 4.90 Å². The molecule has 3 heterocycles. The Morgan fingerprint density at radius 3 is 2.65 bits per heavy atom. The van der Waals surface area contributed by atoms with Crippen LogP contribution in [0, 0.1) is 13.8 Å². The largest absolute Gasteiger partial charge is 0.467 e. The highest BCUT2D eigenvalue weighted by Gasteiger charge is 2.23. The van der Waals surface area contributed by atoms with Crippen LogP contribution in [0.15, 0.2) is 53.1 Å². The van der Waals surface area contributed by atoms with E-state index in [9.17, 15) is 4.79 Å². The number of carbonyl (C=O) groups excluding carboxylic acids is 1. The molecule has 0 spiro atoms. The molecule has 4 rings (SSSR count). The maximum Gasteiger partial charge on any atom is 0.268 e. The number of fused-ring (bicyclic) bond motifs is 1. The summed E-state index contributed by atoms with van der Waals surface area (Å²) >= 11 is 1.47. The highest BCUT2D eigenvalue weighted by Crippen LogP contribution is 2.30. The van der Waals surface area contributed by atoms with Gasteiger partial charge in [-0.3, -0.25) is 9.48 Å². The van der Waals surface area contributed by atoms with Gasteiger partial charge in [0, 0.05) is 18.1 Å². The number of carbonyl (C=O) groups is 1. The molecule has 5 nitrogen and oxygen atoms in total. The first-order valence-electron chi connectivity index (χ1n) is 8.37. The molecular formula is C20H19N3O2S. The average Bonchev–Trinajstić information content (AvgIpc) is 3.34. The molecule has 0 radical (unpaired) electrons. The summed E-state index contributed by atoms with van der Waals surface area (Å²) in [6.07, 6.45) is 1.63. The van der Waals surface area contributed by atoms with Crippen LogP contribution in [0.5, 0.6) is 0 Å². The van der Waals surface area contributed by atoms with Gasteiger partial charge in [0.15, 0.2) is 0 Å². The minimum absolute atomic E-state index is 0.0362. The van der Waals surface area contributed by atoms with Crippen LogP contribution in [0.4, 0.5) is 5.69 Å². The zero-order chi connectivity index (χ0) is 18.3. The minimum atomic E-state index is -0.0362. The quantitative estimate of drug-likeness (QED) is 0.527. The first kappa shape index (κ1) is 16.6. The van der Waals surface area contributed by atoms with Crippen LogP contribution in [0.25, 0.3) is 10.2 Å². The van der Waals surface area contributed by atoms with E-state index in [-0.39, 0.29) is 5.91 Å². The molecule has 1 aromatic carbocycles. The maximum absolute atomic E-state index is 13.3. The van der Waals surface area contributed by atoms with Gasteiger partial charge in [0.2, 0.25) is 0 Å². The van der Waals surface area contributed by atoms with E-state index >= 15 is 0 Å². The van der Waals surface area contributed by atoms with Gasteiger partial charge in [-0.15, -0.1) is 11.3 Å². The minimum Gasteiger partial charge on any atom is -0.467 e. The van der Waals surface area contributed by atoms with Crippen molar-refractivity contribution in [2.24, 2.45) is 7.05 Å². The monoisotopic (exact) mass is 365 g/mol. The number of aromatic nitrogens is 2. The lowest BCUT2D eigenvalue weighted by Crippen LogP contribution is -2.29. The van der Waals surface area contributed by atoms with Crippen molar-refractivity contribution >= 4 is 33.1 Å². The summed E-state index contributed by atoms with van der Waals surface area (Å²) in [6.45, 7) is 4.38. The normalized spacial score (nSPS) is 11.2. The van der Waals surface area contributed by atoms with E-state index in [1.54, 1.807) is 11.2 Å². The molecule has 0 atom stereocenters. The summed E-state index contributed by atoms with van der Waals surface area (Å²) in [4.78, 5) is 16.8. The van der Waals surface area contributed by atoms with Crippen molar-refractivity contribution in [1.29, 1.82) is 0 Å². The number of anilines is 1. The number of hydrogen-bond acceptors (Lipinski definition) is 4. The first-order chi connectivity index (χ1) is 12.5. The topological polar surface area (TPSA) is 51.3 Å². The van der Waals surface area contributed by atoms with E-state index < -0.39 is 0 Å². The van der Waals surface area contributed by atoms with Crippen molar-refractivity contribution in [3.63, 3.8) is 0 Å². The second-order valence-electron chi connectivity index (χ2n) is 6.34. The highest BCUT2D eigenvalue weighted by atomic mass is 32.1. The second kappa shape index (κ2) is 6.46. The molecule has 0 bridgehead atoms. The van der Waals surface area contributed by atoms with E-state index in [1.807, 2.05) is 68.0 Å². The van der Waals surface area contributed by atoms with Crippen molar-refractivity contribution in [3.05, 3.63) is 70.6 Å². The Morgan fingerprint density at radius 1 is 1.23 bits per heavy atom. The van der Waals surface area contributed by atoms with Crippen molar-refractivity contribution in [2.45, 2.75) is 20.4 Å². The average molecular weight is 365 g/mol. The van der Waals surface area contributed by atoms with Gasteiger partial charge in [-0.2, -0.15) is 5.10 Å². The van der Waals surface area contributed by atoms with Gasteiger partial charge in [0.25, 0.3) is 5.91 Å². The van der Waals surface area contributed by atoms with Gasteiger partial charge in [-0.05, 0) is 44.2 Å². The zero-order valence-electron chi connectivity index (χ0n) is 14.9. The van der Waals surface area contributed by atoms with Gasteiger partial charge in [0.1, 0.15) is 10.6 Å². The van der Waals surface area contributed by atoms with E-state index in [1.165, 1.54) is 11.3 Å². The molecule has 0 unspecified atom stereocenters. The van der Waals surface area contributed by atoms with Gasteiger partial charge in [-0.1, -0.05) is 17.7 Å². The first-order valence-corrected chi connectivity index (χ1v) is 9.18. The molecule has 0 aliphatic carbocycles. The van der Waals surface area contributed by atoms with Gasteiger partial charge >= 0.3 is 0 Å². The molecule has 0 aliphatic heterocycles. The number of nitrogens with zero attached hydrogens (tertiary/aromatic N) is 3. The molecule has 0 N–H and O–H groups in total. The van der Waals surface area contributed by atoms with Crippen LogP contribution in [0.3, 0.4) is 0 Å². The number of aryl methyl sites for hydroxylation is 3.